The van der Waals surface area contributed by atoms with Gasteiger partial charge in [0.1, 0.15) is 6.04 Å². The highest BCUT2D eigenvalue weighted by Gasteiger charge is 2.33. The molecule has 0 heterocycles. The summed E-state index contributed by atoms with van der Waals surface area (Å²) in [5.41, 5.74) is 5.08. The summed E-state index contributed by atoms with van der Waals surface area (Å²) in [5, 5.41) is 11.5. The minimum atomic E-state index is -1.04. The van der Waals surface area contributed by atoms with Crippen molar-refractivity contribution < 1.29 is 14.7 Å². The van der Waals surface area contributed by atoms with Gasteiger partial charge in [0.25, 0.3) is 0 Å². The van der Waals surface area contributed by atoms with Crippen LogP contribution >= 0.6 is 0 Å². The van der Waals surface area contributed by atoms with Crippen LogP contribution in [0.3, 0.4) is 0 Å². The first kappa shape index (κ1) is 14.9. The standard InChI is InChI=1S/C11H22N2O3/c1-5-6-7(12)9(14)13-8(10(15)16)11(2,3)4/h7-8H,5-6,12H2,1-4H3,(H,13,14)(H,15,16)/t7-,8-/m0/s1. The number of hydrogen-bond acceptors (Lipinski definition) is 3. The van der Waals surface area contributed by atoms with E-state index >= 15 is 0 Å². The Bertz CT molecular complexity index is 258. The van der Waals surface area contributed by atoms with Crippen molar-refractivity contribution in [3.05, 3.63) is 0 Å². The number of nitrogens with two attached hydrogens (primary N) is 1. The Labute approximate surface area is 96.4 Å². The van der Waals surface area contributed by atoms with Crippen LogP contribution in [0.15, 0.2) is 0 Å². The van der Waals surface area contributed by atoms with Gasteiger partial charge < -0.3 is 16.2 Å². The molecule has 0 saturated carbocycles. The highest BCUT2D eigenvalue weighted by molar-refractivity contribution is 5.87. The van der Waals surface area contributed by atoms with Crippen LogP contribution in [-0.4, -0.2) is 29.1 Å². The van der Waals surface area contributed by atoms with Crippen LogP contribution in [0.25, 0.3) is 0 Å². The number of hydrogen-bond donors (Lipinski definition) is 3. The molecule has 0 aliphatic rings. The van der Waals surface area contributed by atoms with Gasteiger partial charge in [0.05, 0.1) is 6.04 Å². The molecule has 0 aromatic carbocycles. The van der Waals surface area contributed by atoms with Gasteiger partial charge in [-0.3, -0.25) is 4.79 Å². The van der Waals surface area contributed by atoms with Gasteiger partial charge in [0, 0.05) is 0 Å². The van der Waals surface area contributed by atoms with Gasteiger partial charge in [-0.2, -0.15) is 0 Å². The Morgan fingerprint density at radius 3 is 2.19 bits per heavy atom. The van der Waals surface area contributed by atoms with Crippen molar-refractivity contribution >= 4 is 11.9 Å². The summed E-state index contributed by atoms with van der Waals surface area (Å²) in [5.74, 6) is -1.44. The maximum Gasteiger partial charge on any atom is 0.326 e. The molecule has 0 spiro atoms. The molecule has 0 aliphatic carbocycles. The first-order valence-electron chi connectivity index (χ1n) is 5.49. The van der Waals surface area contributed by atoms with Crippen molar-refractivity contribution in [3.8, 4) is 0 Å². The molecule has 0 rings (SSSR count). The SMILES string of the molecule is CCC[C@H](N)C(=O)N[C@@H](C(=O)O)C(C)(C)C. The van der Waals surface area contributed by atoms with E-state index in [2.05, 4.69) is 5.32 Å². The highest BCUT2D eigenvalue weighted by atomic mass is 16.4. The number of aliphatic carboxylic acids is 1. The molecule has 5 heteroatoms. The van der Waals surface area contributed by atoms with E-state index in [1.165, 1.54) is 0 Å². The Morgan fingerprint density at radius 2 is 1.88 bits per heavy atom. The van der Waals surface area contributed by atoms with Crippen molar-refractivity contribution in [2.45, 2.75) is 52.6 Å². The van der Waals surface area contributed by atoms with Gasteiger partial charge in [-0.25, -0.2) is 4.79 Å². The van der Waals surface area contributed by atoms with E-state index in [1.807, 2.05) is 6.92 Å². The minimum Gasteiger partial charge on any atom is -0.480 e. The lowest BCUT2D eigenvalue weighted by molar-refractivity contribution is -0.145. The lowest BCUT2D eigenvalue weighted by Gasteiger charge is -2.28. The molecule has 5 nitrogen and oxygen atoms in total. The number of carboxylic acid groups (broad SMARTS) is 1. The molecule has 0 aromatic heterocycles. The molecular formula is C11H22N2O3. The van der Waals surface area contributed by atoms with Gasteiger partial charge in [0.15, 0.2) is 0 Å². The molecule has 0 unspecified atom stereocenters. The Balaban J connectivity index is 4.54. The molecule has 1 amide bonds. The second kappa shape index (κ2) is 5.84. The maximum atomic E-state index is 11.6. The van der Waals surface area contributed by atoms with Crippen LogP contribution in [0, 0.1) is 5.41 Å². The number of carboxylic acids is 1. The molecule has 94 valence electrons. The van der Waals surface area contributed by atoms with Gasteiger partial charge in [0.2, 0.25) is 5.91 Å². The molecule has 0 bridgehead atoms. The van der Waals surface area contributed by atoms with Crippen molar-refractivity contribution in [3.63, 3.8) is 0 Å². The lowest BCUT2D eigenvalue weighted by Crippen LogP contribution is -2.53. The summed E-state index contributed by atoms with van der Waals surface area (Å²) in [6, 6.07) is -1.54. The van der Waals surface area contributed by atoms with Crippen molar-refractivity contribution in [1.29, 1.82) is 0 Å². The normalized spacial score (nSPS) is 15.3. The van der Waals surface area contributed by atoms with Crippen molar-refractivity contribution in [2.75, 3.05) is 0 Å². The van der Waals surface area contributed by atoms with Crippen LogP contribution in [0.2, 0.25) is 0 Å². The third kappa shape index (κ3) is 4.61. The smallest absolute Gasteiger partial charge is 0.326 e. The van der Waals surface area contributed by atoms with E-state index in [1.54, 1.807) is 20.8 Å². The van der Waals surface area contributed by atoms with Gasteiger partial charge in [-0.05, 0) is 11.8 Å². The molecule has 0 fully saturated rings. The van der Waals surface area contributed by atoms with Crippen LogP contribution in [0.5, 0.6) is 0 Å². The molecule has 0 aliphatic heterocycles. The molecule has 0 radical (unpaired) electrons. The Morgan fingerprint density at radius 1 is 1.38 bits per heavy atom. The largest absolute Gasteiger partial charge is 0.480 e. The van der Waals surface area contributed by atoms with E-state index in [9.17, 15) is 9.59 Å². The predicted molar refractivity (Wildman–Crippen MR) is 61.9 cm³/mol. The molecule has 2 atom stereocenters. The maximum absolute atomic E-state index is 11.6. The van der Waals surface area contributed by atoms with E-state index in [0.29, 0.717) is 6.42 Å². The highest BCUT2D eigenvalue weighted by Crippen LogP contribution is 2.19. The van der Waals surface area contributed by atoms with E-state index < -0.39 is 29.4 Å². The van der Waals surface area contributed by atoms with Gasteiger partial charge in [-0.15, -0.1) is 0 Å². The number of carbonyl (C=O) groups excluding carboxylic acids is 1. The summed E-state index contributed by atoms with van der Waals surface area (Å²) < 4.78 is 0. The van der Waals surface area contributed by atoms with E-state index in [4.69, 9.17) is 10.8 Å². The lowest BCUT2D eigenvalue weighted by atomic mass is 9.86. The topological polar surface area (TPSA) is 92.4 Å². The second-order valence-electron chi connectivity index (χ2n) is 5.04. The van der Waals surface area contributed by atoms with Crippen LogP contribution < -0.4 is 11.1 Å². The van der Waals surface area contributed by atoms with E-state index in [-0.39, 0.29) is 0 Å². The Kier molecular flexibility index (Phi) is 5.44. The van der Waals surface area contributed by atoms with Crippen molar-refractivity contribution in [1.82, 2.24) is 5.32 Å². The summed E-state index contributed by atoms with van der Waals surface area (Å²) in [6.45, 7) is 7.21. The second-order valence-corrected chi connectivity index (χ2v) is 5.04. The monoisotopic (exact) mass is 230 g/mol. The van der Waals surface area contributed by atoms with Crippen LogP contribution in [0.1, 0.15) is 40.5 Å². The fourth-order valence-electron chi connectivity index (χ4n) is 1.34. The third-order valence-corrected chi connectivity index (χ3v) is 2.34. The van der Waals surface area contributed by atoms with Gasteiger partial charge in [-0.1, -0.05) is 34.1 Å². The number of nitrogens with one attached hydrogen (secondary N) is 1. The average Bonchev–Trinajstić information content (AvgIpc) is 2.11. The quantitative estimate of drug-likeness (QED) is 0.649. The zero-order chi connectivity index (χ0) is 12.9. The molecular weight excluding hydrogens is 208 g/mol. The summed E-state index contributed by atoms with van der Waals surface area (Å²) in [7, 11) is 0. The zero-order valence-corrected chi connectivity index (χ0v) is 10.4. The molecule has 0 saturated heterocycles. The first-order chi connectivity index (χ1) is 7.20. The number of rotatable bonds is 5. The fourth-order valence-corrected chi connectivity index (χ4v) is 1.34. The first-order valence-corrected chi connectivity index (χ1v) is 5.49. The summed E-state index contributed by atoms with van der Waals surface area (Å²) in [6.07, 6.45) is 1.35. The molecule has 0 aromatic rings. The number of carbonyl (C=O) groups is 2. The van der Waals surface area contributed by atoms with Crippen LogP contribution in [0.4, 0.5) is 0 Å². The Hall–Kier alpha value is -1.10. The summed E-state index contributed by atoms with van der Waals surface area (Å²) >= 11 is 0. The van der Waals surface area contributed by atoms with Gasteiger partial charge >= 0.3 is 5.97 Å². The van der Waals surface area contributed by atoms with Crippen molar-refractivity contribution in [2.24, 2.45) is 11.1 Å². The minimum absolute atomic E-state index is 0.399. The molecule has 16 heavy (non-hydrogen) atoms. The predicted octanol–water partition coefficient (Wildman–Crippen LogP) is 0.729. The fraction of sp³-hybridized carbons (Fsp3) is 0.818. The van der Waals surface area contributed by atoms with E-state index in [0.717, 1.165) is 6.42 Å². The zero-order valence-electron chi connectivity index (χ0n) is 10.4. The number of amides is 1. The third-order valence-electron chi connectivity index (χ3n) is 2.34. The average molecular weight is 230 g/mol. The molecule has 4 N–H and O–H groups in total. The van der Waals surface area contributed by atoms with Crippen LogP contribution in [-0.2, 0) is 9.59 Å². The summed E-state index contributed by atoms with van der Waals surface area (Å²) in [4.78, 5) is 22.6.